The van der Waals surface area contributed by atoms with Crippen molar-refractivity contribution in [1.82, 2.24) is 4.90 Å². The molecule has 27 heavy (non-hydrogen) atoms. The molecule has 4 nitrogen and oxygen atoms in total. The molecule has 1 amide bonds. The first-order chi connectivity index (χ1) is 12.9. The van der Waals surface area contributed by atoms with Crippen LogP contribution in [-0.2, 0) is 4.79 Å². The highest BCUT2D eigenvalue weighted by atomic mass is 79.9. The molecule has 1 N–H and O–H groups in total. The molecule has 1 aliphatic heterocycles. The fourth-order valence-corrected chi connectivity index (χ4v) is 3.59. The Kier molecular flexibility index (Phi) is 6.38. The van der Waals surface area contributed by atoms with E-state index in [1.54, 1.807) is 12.1 Å². The monoisotopic (exact) mass is 441 g/mol. The van der Waals surface area contributed by atoms with Crippen molar-refractivity contribution in [3.63, 3.8) is 0 Å². The van der Waals surface area contributed by atoms with Crippen LogP contribution < -0.4 is 10.2 Å². The predicted octanol–water partition coefficient (Wildman–Crippen LogP) is 4.02. The van der Waals surface area contributed by atoms with Crippen molar-refractivity contribution in [3.05, 3.63) is 58.3 Å². The summed E-state index contributed by atoms with van der Waals surface area (Å²) in [5.41, 5.74) is 0.879. The van der Waals surface area contributed by atoms with Crippen molar-refractivity contribution in [2.75, 3.05) is 42.9 Å². The van der Waals surface area contributed by atoms with E-state index in [0.29, 0.717) is 13.1 Å². The van der Waals surface area contributed by atoms with Crippen molar-refractivity contribution < 1.29 is 18.0 Å². The summed E-state index contributed by atoms with van der Waals surface area (Å²) in [5, 5.41) is 2.50. The number of hydrogen-bond donors (Lipinski definition) is 1. The first-order valence-corrected chi connectivity index (χ1v) is 9.39. The van der Waals surface area contributed by atoms with Crippen LogP contribution in [0.25, 0.3) is 0 Å². The molecule has 0 aromatic heterocycles. The molecular formula is C19H19BrF3N3O. The van der Waals surface area contributed by atoms with Gasteiger partial charge in [0, 0.05) is 42.4 Å². The van der Waals surface area contributed by atoms with Gasteiger partial charge >= 0.3 is 0 Å². The molecule has 2 aromatic rings. The Balaban J connectivity index is 1.57. The Morgan fingerprint density at radius 3 is 2.44 bits per heavy atom. The number of carbonyl (C=O) groups excluding carboxylic acids is 1. The number of carbonyl (C=O) groups is 1. The molecule has 0 spiro atoms. The normalized spacial score (nSPS) is 15.5. The fraction of sp³-hybridized carbons (Fsp3) is 0.316. The van der Waals surface area contributed by atoms with Gasteiger partial charge in [0.15, 0.2) is 5.82 Å². The Labute approximate surface area is 164 Å². The Morgan fingerprint density at radius 1 is 1.00 bits per heavy atom. The second-order valence-corrected chi connectivity index (χ2v) is 7.24. The largest absolute Gasteiger partial charge is 0.370 e. The van der Waals surface area contributed by atoms with Gasteiger partial charge in [0.2, 0.25) is 5.91 Å². The summed E-state index contributed by atoms with van der Waals surface area (Å²) in [6.45, 7) is 2.99. The van der Waals surface area contributed by atoms with E-state index in [-0.39, 0.29) is 28.4 Å². The molecule has 0 radical (unpaired) electrons. The zero-order valence-electron chi connectivity index (χ0n) is 14.5. The van der Waals surface area contributed by atoms with Crippen LogP contribution in [0.2, 0.25) is 0 Å². The van der Waals surface area contributed by atoms with Crippen LogP contribution in [0.15, 0.2) is 40.9 Å². The van der Waals surface area contributed by atoms with Crippen molar-refractivity contribution in [3.8, 4) is 0 Å². The molecule has 1 saturated heterocycles. The molecule has 0 aliphatic carbocycles. The van der Waals surface area contributed by atoms with Gasteiger partial charge in [0.05, 0.1) is 12.2 Å². The lowest BCUT2D eigenvalue weighted by atomic mass is 10.2. The Morgan fingerprint density at radius 2 is 1.74 bits per heavy atom. The van der Waals surface area contributed by atoms with Gasteiger partial charge in [-0.3, -0.25) is 9.69 Å². The van der Waals surface area contributed by atoms with Gasteiger partial charge in [-0.15, -0.1) is 0 Å². The third-order valence-corrected chi connectivity index (χ3v) is 5.04. The second kappa shape index (κ2) is 8.75. The topological polar surface area (TPSA) is 35.6 Å². The third kappa shape index (κ3) is 5.23. The highest BCUT2D eigenvalue weighted by Gasteiger charge is 2.19. The first kappa shape index (κ1) is 19.7. The molecule has 1 heterocycles. The van der Waals surface area contributed by atoms with E-state index in [1.807, 2.05) is 4.90 Å². The number of halogens is 4. The van der Waals surface area contributed by atoms with Gasteiger partial charge in [-0.05, 0) is 52.7 Å². The number of rotatable bonds is 4. The van der Waals surface area contributed by atoms with Gasteiger partial charge < -0.3 is 10.2 Å². The minimum absolute atomic E-state index is 0.0656. The molecule has 144 valence electrons. The van der Waals surface area contributed by atoms with Crippen molar-refractivity contribution in [1.29, 1.82) is 0 Å². The number of nitrogens with zero attached hydrogens (tertiary/aromatic N) is 2. The summed E-state index contributed by atoms with van der Waals surface area (Å²) < 4.78 is 40.2. The smallest absolute Gasteiger partial charge is 0.238 e. The number of benzene rings is 2. The number of hydrogen-bond acceptors (Lipinski definition) is 3. The van der Waals surface area contributed by atoms with Gasteiger partial charge in [-0.1, -0.05) is 0 Å². The van der Waals surface area contributed by atoms with Crippen LogP contribution in [0.3, 0.4) is 0 Å². The maximum absolute atomic E-state index is 13.9. The molecule has 0 unspecified atom stereocenters. The highest BCUT2D eigenvalue weighted by molar-refractivity contribution is 9.10. The summed E-state index contributed by atoms with van der Waals surface area (Å²) in [4.78, 5) is 16.4. The molecule has 1 aliphatic rings. The molecule has 0 saturated carbocycles. The molecular weight excluding hydrogens is 423 g/mol. The van der Waals surface area contributed by atoms with Crippen LogP contribution in [0.1, 0.15) is 6.42 Å². The molecule has 3 rings (SSSR count). The van der Waals surface area contributed by atoms with Crippen LogP contribution in [0.4, 0.5) is 24.5 Å². The van der Waals surface area contributed by atoms with Gasteiger partial charge in [-0.2, -0.15) is 0 Å². The summed E-state index contributed by atoms with van der Waals surface area (Å²) in [6, 6.07) is 8.18. The van der Waals surface area contributed by atoms with Crippen molar-refractivity contribution in [2.24, 2.45) is 0 Å². The average molecular weight is 442 g/mol. The number of anilines is 2. The van der Waals surface area contributed by atoms with Crippen LogP contribution in [0, 0.1) is 17.5 Å². The minimum atomic E-state index is -0.825. The van der Waals surface area contributed by atoms with Gasteiger partial charge in [0.25, 0.3) is 0 Å². The van der Waals surface area contributed by atoms with Crippen molar-refractivity contribution in [2.45, 2.75) is 6.42 Å². The van der Waals surface area contributed by atoms with E-state index < -0.39 is 11.6 Å². The van der Waals surface area contributed by atoms with E-state index >= 15 is 0 Å². The second-order valence-electron chi connectivity index (χ2n) is 6.39. The lowest BCUT2D eigenvalue weighted by Gasteiger charge is -2.23. The minimum Gasteiger partial charge on any atom is -0.370 e. The lowest BCUT2D eigenvalue weighted by Crippen LogP contribution is -2.36. The summed E-state index contributed by atoms with van der Waals surface area (Å²) >= 11 is 3.06. The van der Waals surface area contributed by atoms with E-state index in [2.05, 4.69) is 26.1 Å². The van der Waals surface area contributed by atoms with Crippen LogP contribution >= 0.6 is 15.9 Å². The van der Waals surface area contributed by atoms with E-state index in [9.17, 15) is 18.0 Å². The third-order valence-electron chi connectivity index (χ3n) is 4.42. The van der Waals surface area contributed by atoms with E-state index in [0.717, 1.165) is 37.3 Å². The standard InChI is InChI=1S/C19H19BrF3N3O/c20-16-10-14(22)11-17(23)19(16)24-18(27)12-25-6-1-7-26(9-8-25)15-4-2-13(21)3-5-15/h2-5,10-11H,1,6-9,12H2,(H,24,27). The molecule has 0 bridgehead atoms. The molecule has 8 heteroatoms. The SMILES string of the molecule is O=C(CN1CCCN(c2ccc(F)cc2)CC1)Nc1c(F)cc(F)cc1Br. The van der Waals surface area contributed by atoms with Gasteiger partial charge in [0.1, 0.15) is 11.6 Å². The van der Waals surface area contributed by atoms with Crippen LogP contribution in [-0.4, -0.2) is 43.5 Å². The fourth-order valence-electron chi connectivity index (χ4n) is 3.08. The zero-order valence-corrected chi connectivity index (χ0v) is 16.1. The van der Waals surface area contributed by atoms with E-state index in [1.165, 1.54) is 12.1 Å². The first-order valence-electron chi connectivity index (χ1n) is 8.59. The molecule has 1 fully saturated rings. The lowest BCUT2D eigenvalue weighted by molar-refractivity contribution is -0.117. The summed E-state index contributed by atoms with van der Waals surface area (Å²) in [6.07, 6.45) is 0.846. The van der Waals surface area contributed by atoms with E-state index in [4.69, 9.17) is 0 Å². The number of nitrogens with one attached hydrogen (secondary N) is 1. The van der Waals surface area contributed by atoms with Crippen molar-refractivity contribution >= 4 is 33.2 Å². The average Bonchev–Trinajstić information content (AvgIpc) is 2.84. The molecule has 0 atom stereocenters. The Bertz CT molecular complexity index is 793. The summed E-state index contributed by atoms with van der Waals surface area (Å²) in [7, 11) is 0. The van der Waals surface area contributed by atoms with Gasteiger partial charge in [-0.25, -0.2) is 13.2 Å². The zero-order chi connectivity index (χ0) is 19.4. The predicted molar refractivity (Wildman–Crippen MR) is 102 cm³/mol. The number of amides is 1. The Hall–Kier alpha value is -2.06. The summed E-state index contributed by atoms with van der Waals surface area (Å²) in [5.74, 6) is -2.18. The van der Waals surface area contributed by atoms with Crippen LogP contribution in [0.5, 0.6) is 0 Å². The maximum atomic E-state index is 13.9. The quantitative estimate of drug-likeness (QED) is 0.778. The molecule has 2 aromatic carbocycles. The maximum Gasteiger partial charge on any atom is 0.238 e. The highest BCUT2D eigenvalue weighted by Crippen LogP contribution is 2.27.